The third kappa shape index (κ3) is 6.36. The van der Waals surface area contributed by atoms with Crippen molar-refractivity contribution in [3.8, 4) is 5.75 Å². The number of non-ortho nitro benzene ring substituents is 1. The summed E-state index contributed by atoms with van der Waals surface area (Å²) in [4.78, 5) is 33.9. The molecule has 2 aromatic carbocycles. The van der Waals surface area contributed by atoms with E-state index in [1.165, 1.54) is 18.2 Å². The first kappa shape index (κ1) is 19.8. The molecule has 0 fully saturated rings. The number of amides is 2. The molecule has 0 aromatic heterocycles. The molecule has 9 nitrogen and oxygen atoms in total. The summed E-state index contributed by atoms with van der Waals surface area (Å²) in [5.74, 6) is -0.618. The van der Waals surface area contributed by atoms with Crippen molar-refractivity contribution >= 4 is 34.8 Å². The fourth-order valence-electron chi connectivity index (χ4n) is 1.99. The number of carbonyl (C=O) groups is 2. The first-order valence-electron chi connectivity index (χ1n) is 7.69. The molecule has 27 heavy (non-hydrogen) atoms. The molecule has 10 heteroatoms. The van der Waals surface area contributed by atoms with Gasteiger partial charge in [0.2, 0.25) is 0 Å². The summed E-state index contributed by atoms with van der Waals surface area (Å²) >= 11 is 4.90. The standard InChI is InChI=1S/C17H16N4O5S/c1-11-4-2-7-14(8-11)26-10-15(22)18-17(27)20-19-16(23)12-5-3-6-13(9-12)21(24)25/h2-9H,10H2,1H3,(H,19,23)(H2,18,20,22,27). The van der Waals surface area contributed by atoms with E-state index in [0.29, 0.717) is 5.75 Å². The largest absolute Gasteiger partial charge is 0.484 e. The number of hydrogen-bond acceptors (Lipinski definition) is 6. The van der Waals surface area contributed by atoms with Crippen LogP contribution < -0.4 is 20.9 Å². The second-order valence-electron chi connectivity index (χ2n) is 5.37. The fraction of sp³-hybridized carbons (Fsp3) is 0.118. The van der Waals surface area contributed by atoms with Crippen LogP contribution in [0.15, 0.2) is 48.5 Å². The summed E-state index contributed by atoms with van der Waals surface area (Å²) in [5.41, 5.74) is 5.43. The van der Waals surface area contributed by atoms with Crippen LogP contribution in [0.4, 0.5) is 5.69 Å². The topological polar surface area (TPSA) is 123 Å². The summed E-state index contributed by atoms with van der Waals surface area (Å²) < 4.78 is 5.33. The molecule has 0 aliphatic heterocycles. The van der Waals surface area contributed by atoms with Gasteiger partial charge < -0.3 is 4.74 Å². The van der Waals surface area contributed by atoms with Gasteiger partial charge in [-0.05, 0) is 42.9 Å². The van der Waals surface area contributed by atoms with Gasteiger partial charge >= 0.3 is 0 Å². The minimum absolute atomic E-state index is 0.0635. The third-order valence-corrected chi connectivity index (χ3v) is 3.43. The zero-order chi connectivity index (χ0) is 19.8. The minimum Gasteiger partial charge on any atom is -0.484 e. The van der Waals surface area contributed by atoms with Gasteiger partial charge in [-0.3, -0.25) is 35.9 Å². The Balaban J connectivity index is 1.78. The van der Waals surface area contributed by atoms with Crippen LogP contribution in [0.1, 0.15) is 15.9 Å². The number of thiocarbonyl (C=S) groups is 1. The molecule has 0 aliphatic carbocycles. The number of rotatable bonds is 5. The second kappa shape index (κ2) is 9.25. The molecular formula is C17H16N4O5S. The number of hydrogen-bond donors (Lipinski definition) is 3. The van der Waals surface area contributed by atoms with Gasteiger partial charge in [0.05, 0.1) is 4.92 Å². The van der Waals surface area contributed by atoms with E-state index in [9.17, 15) is 19.7 Å². The molecule has 0 aliphatic rings. The Morgan fingerprint density at radius 3 is 2.59 bits per heavy atom. The van der Waals surface area contributed by atoms with Gasteiger partial charge in [-0.1, -0.05) is 18.2 Å². The molecule has 0 radical (unpaired) electrons. The van der Waals surface area contributed by atoms with E-state index < -0.39 is 16.7 Å². The summed E-state index contributed by atoms with van der Waals surface area (Å²) in [5, 5.41) is 12.9. The van der Waals surface area contributed by atoms with Crippen molar-refractivity contribution < 1.29 is 19.2 Å². The molecule has 2 rings (SSSR count). The van der Waals surface area contributed by atoms with Gasteiger partial charge in [-0.15, -0.1) is 0 Å². The minimum atomic E-state index is -0.647. The first-order valence-corrected chi connectivity index (χ1v) is 8.10. The van der Waals surface area contributed by atoms with Gasteiger partial charge in [-0.25, -0.2) is 0 Å². The smallest absolute Gasteiger partial charge is 0.270 e. The summed E-state index contributed by atoms with van der Waals surface area (Å²) in [6, 6.07) is 12.4. The monoisotopic (exact) mass is 388 g/mol. The quantitative estimate of drug-likeness (QED) is 0.404. The van der Waals surface area contributed by atoms with E-state index in [1.54, 1.807) is 18.2 Å². The second-order valence-corrected chi connectivity index (χ2v) is 5.78. The molecule has 0 atom stereocenters. The Morgan fingerprint density at radius 1 is 1.15 bits per heavy atom. The number of aryl methyl sites for hydroxylation is 1. The van der Waals surface area contributed by atoms with Crippen LogP contribution in [0.2, 0.25) is 0 Å². The molecule has 0 bridgehead atoms. The highest BCUT2D eigenvalue weighted by atomic mass is 32.1. The highest BCUT2D eigenvalue weighted by Crippen LogP contribution is 2.13. The number of carbonyl (C=O) groups excluding carboxylic acids is 2. The normalized spacial score (nSPS) is 9.81. The highest BCUT2D eigenvalue weighted by Gasteiger charge is 2.12. The summed E-state index contributed by atoms with van der Waals surface area (Å²) in [6.07, 6.45) is 0. The van der Waals surface area contributed by atoms with Crippen LogP contribution >= 0.6 is 12.2 Å². The third-order valence-electron chi connectivity index (χ3n) is 3.22. The molecule has 0 spiro atoms. The lowest BCUT2D eigenvalue weighted by Crippen LogP contribution is -2.49. The Morgan fingerprint density at radius 2 is 1.89 bits per heavy atom. The Kier molecular flexibility index (Phi) is 6.78. The molecule has 3 N–H and O–H groups in total. The molecule has 2 amide bonds. The van der Waals surface area contributed by atoms with Crippen molar-refractivity contribution in [2.24, 2.45) is 0 Å². The van der Waals surface area contributed by atoms with Crippen molar-refractivity contribution in [2.45, 2.75) is 6.92 Å². The number of hydrazine groups is 1. The maximum Gasteiger partial charge on any atom is 0.270 e. The molecular weight excluding hydrogens is 372 g/mol. The lowest BCUT2D eigenvalue weighted by atomic mass is 10.2. The predicted molar refractivity (Wildman–Crippen MR) is 101 cm³/mol. The fourth-order valence-corrected chi connectivity index (χ4v) is 2.16. The first-order chi connectivity index (χ1) is 12.8. The van der Waals surface area contributed by atoms with Crippen molar-refractivity contribution in [1.82, 2.24) is 16.2 Å². The highest BCUT2D eigenvalue weighted by molar-refractivity contribution is 7.80. The van der Waals surface area contributed by atoms with Gasteiger partial charge in [0.15, 0.2) is 11.7 Å². The van der Waals surface area contributed by atoms with Crippen molar-refractivity contribution in [1.29, 1.82) is 0 Å². The van der Waals surface area contributed by atoms with Crippen molar-refractivity contribution in [2.75, 3.05) is 6.61 Å². The zero-order valence-corrected chi connectivity index (χ0v) is 15.0. The molecule has 0 unspecified atom stereocenters. The number of benzene rings is 2. The number of nitrogens with zero attached hydrogens (tertiary/aromatic N) is 1. The van der Waals surface area contributed by atoms with Gasteiger partial charge in [0.1, 0.15) is 5.75 Å². The molecule has 0 saturated carbocycles. The zero-order valence-electron chi connectivity index (χ0n) is 14.2. The lowest BCUT2D eigenvalue weighted by molar-refractivity contribution is -0.384. The Labute approximate surface area is 159 Å². The predicted octanol–water partition coefficient (Wildman–Crippen LogP) is 1.62. The maximum atomic E-state index is 12.0. The molecule has 140 valence electrons. The van der Waals surface area contributed by atoms with Crippen LogP contribution in [-0.4, -0.2) is 28.5 Å². The average molecular weight is 388 g/mol. The van der Waals surface area contributed by atoms with E-state index in [0.717, 1.165) is 11.6 Å². The van der Waals surface area contributed by atoms with Crippen molar-refractivity contribution in [3.63, 3.8) is 0 Å². The Bertz CT molecular complexity index is 887. The SMILES string of the molecule is Cc1cccc(OCC(=O)NC(=S)NNC(=O)c2cccc([N+](=O)[O-])c2)c1. The van der Waals surface area contributed by atoms with Gasteiger partial charge in [0, 0.05) is 17.7 Å². The summed E-state index contributed by atoms with van der Waals surface area (Å²) in [6.45, 7) is 1.64. The molecule has 0 heterocycles. The van der Waals surface area contributed by atoms with Crippen molar-refractivity contribution in [3.05, 3.63) is 69.8 Å². The maximum absolute atomic E-state index is 12.0. The van der Waals surface area contributed by atoms with E-state index in [4.69, 9.17) is 17.0 Å². The van der Waals surface area contributed by atoms with Crippen LogP contribution in [0, 0.1) is 17.0 Å². The van der Waals surface area contributed by atoms with E-state index in [-0.39, 0.29) is 23.0 Å². The Hall–Kier alpha value is -3.53. The van der Waals surface area contributed by atoms with E-state index in [1.807, 2.05) is 13.0 Å². The van der Waals surface area contributed by atoms with E-state index >= 15 is 0 Å². The number of ether oxygens (including phenoxy) is 1. The average Bonchev–Trinajstić information content (AvgIpc) is 2.64. The molecule has 0 saturated heterocycles. The van der Waals surface area contributed by atoms with Crippen LogP contribution in [0.3, 0.4) is 0 Å². The van der Waals surface area contributed by atoms with E-state index in [2.05, 4.69) is 16.2 Å². The van der Waals surface area contributed by atoms with Gasteiger partial charge in [0.25, 0.3) is 17.5 Å². The molecule has 2 aromatic rings. The van der Waals surface area contributed by atoms with Crippen LogP contribution in [0.5, 0.6) is 5.75 Å². The number of nitro groups is 1. The number of nitro benzene ring substituents is 1. The van der Waals surface area contributed by atoms with Gasteiger partial charge in [-0.2, -0.15) is 0 Å². The van der Waals surface area contributed by atoms with Crippen LogP contribution in [-0.2, 0) is 4.79 Å². The van der Waals surface area contributed by atoms with Crippen LogP contribution in [0.25, 0.3) is 0 Å². The lowest BCUT2D eigenvalue weighted by Gasteiger charge is -2.11. The summed E-state index contributed by atoms with van der Waals surface area (Å²) in [7, 11) is 0. The number of nitrogens with one attached hydrogen (secondary N) is 3.